The number of fused-ring (bicyclic) bond motifs is 1. The Hall–Kier alpha value is -3.21. The highest BCUT2D eigenvalue weighted by molar-refractivity contribution is 6.32. The Kier molecular flexibility index (Phi) is 6.04. The summed E-state index contributed by atoms with van der Waals surface area (Å²) >= 11 is 6.28. The molecule has 1 N–H and O–H groups in total. The molecule has 0 spiro atoms. The first-order valence-corrected chi connectivity index (χ1v) is 8.76. The molecule has 3 rings (SSSR count). The van der Waals surface area contributed by atoms with Crippen LogP contribution in [0.3, 0.4) is 0 Å². The van der Waals surface area contributed by atoms with Gasteiger partial charge in [0.2, 0.25) is 0 Å². The van der Waals surface area contributed by atoms with Crippen molar-refractivity contribution >= 4 is 34.5 Å². The van der Waals surface area contributed by atoms with Gasteiger partial charge in [-0.25, -0.2) is 9.97 Å². The number of halogens is 1. The third kappa shape index (κ3) is 4.19. The number of pyridine rings is 2. The Morgan fingerprint density at radius 1 is 1.25 bits per heavy atom. The number of anilines is 1. The van der Waals surface area contributed by atoms with Crippen LogP contribution in [0.15, 0.2) is 35.4 Å². The minimum atomic E-state index is 0.309. The summed E-state index contributed by atoms with van der Waals surface area (Å²) in [4.78, 5) is 8.72. The van der Waals surface area contributed by atoms with Gasteiger partial charge in [0.25, 0.3) is 0 Å². The summed E-state index contributed by atoms with van der Waals surface area (Å²) < 4.78 is 10.4. The van der Waals surface area contributed by atoms with Crippen molar-refractivity contribution in [3.8, 4) is 11.8 Å². The summed E-state index contributed by atoms with van der Waals surface area (Å²) in [6, 6.07) is 11.4. The van der Waals surface area contributed by atoms with E-state index >= 15 is 0 Å². The van der Waals surface area contributed by atoms with Gasteiger partial charge in [0.1, 0.15) is 22.5 Å². The van der Waals surface area contributed by atoms with E-state index in [-0.39, 0.29) is 0 Å². The Morgan fingerprint density at radius 3 is 2.79 bits per heavy atom. The molecule has 7 nitrogen and oxygen atoms in total. The minimum absolute atomic E-state index is 0.309. The lowest BCUT2D eigenvalue weighted by molar-refractivity contribution is 0.184. The molecule has 0 amide bonds. The molecule has 0 saturated heterocycles. The maximum Gasteiger partial charge on any atom is 0.164 e. The molecule has 8 heteroatoms. The third-order valence-electron chi connectivity index (χ3n) is 4.02. The smallest absolute Gasteiger partial charge is 0.164 e. The number of nitrogens with zero attached hydrogens (tertiary/aromatic N) is 4. The zero-order chi connectivity index (χ0) is 20.1. The van der Waals surface area contributed by atoms with Crippen molar-refractivity contribution in [1.82, 2.24) is 9.97 Å². The number of aromatic nitrogens is 2. The average molecular weight is 396 g/mol. The second kappa shape index (κ2) is 8.65. The number of methoxy groups -OCH3 is 2. The van der Waals surface area contributed by atoms with Crippen LogP contribution in [0, 0.1) is 18.3 Å². The second-order valence-corrected chi connectivity index (χ2v) is 6.35. The molecule has 2 heterocycles. The number of hydrogen-bond donors (Lipinski definition) is 1. The first-order chi connectivity index (χ1) is 13.5. The molecule has 3 aromatic rings. The van der Waals surface area contributed by atoms with Gasteiger partial charge < -0.3 is 9.47 Å². The van der Waals surface area contributed by atoms with Gasteiger partial charge in [-0.15, -0.1) is 0 Å². The molecule has 0 aliphatic rings. The summed E-state index contributed by atoms with van der Waals surface area (Å²) in [6.45, 7) is 2.15. The van der Waals surface area contributed by atoms with Crippen LogP contribution in [0.5, 0.6) is 5.75 Å². The van der Waals surface area contributed by atoms with Crippen molar-refractivity contribution in [3.05, 3.63) is 57.9 Å². The van der Waals surface area contributed by atoms with Gasteiger partial charge in [-0.3, -0.25) is 5.43 Å². The summed E-state index contributed by atoms with van der Waals surface area (Å²) in [7, 11) is 3.18. The Balaban J connectivity index is 1.89. The highest BCUT2D eigenvalue weighted by Crippen LogP contribution is 2.24. The van der Waals surface area contributed by atoms with Gasteiger partial charge in [0, 0.05) is 35.4 Å². The van der Waals surface area contributed by atoms with Crippen LogP contribution < -0.4 is 10.2 Å². The highest BCUT2D eigenvalue weighted by atomic mass is 35.5. The number of aryl methyl sites for hydroxylation is 1. The fraction of sp³-hybridized carbons (Fsp3) is 0.200. The Morgan fingerprint density at radius 2 is 2.07 bits per heavy atom. The summed E-state index contributed by atoms with van der Waals surface area (Å²) in [5.74, 6) is 1.07. The van der Waals surface area contributed by atoms with E-state index in [9.17, 15) is 5.26 Å². The number of nitriles is 1. The molecule has 0 unspecified atom stereocenters. The molecule has 0 bridgehead atoms. The van der Waals surface area contributed by atoms with E-state index in [1.807, 2.05) is 37.3 Å². The molecule has 0 aliphatic heterocycles. The molecule has 28 heavy (non-hydrogen) atoms. The van der Waals surface area contributed by atoms with Crippen LogP contribution >= 0.6 is 11.6 Å². The summed E-state index contributed by atoms with van der Waals surface area (Å²) in [6.07, 6.45) is 1.54. The van der Waals surface area contributed by atoms with E-state index in [0.717, 1.165) is 22.2 Å². The summed E-state index contributed by atoms with van der Waals surface area (Å²) in [5.41, 5.74) is 6.07. The van der Waals surface area contributed by atoms with Crippen molar-refractivity contribution in [2.24, 2.45) is 5.10 Å². The van der Waals surface area contributed by atoms with Crippen LogP contribution in [0.2, 0.25) is 5.15 Å². The van der Waals surface area contributed by atoms with Gasteiger partial charge in [0.05, 0.1) is 25.4 Å². The number of nitrogens with one attached hydrogen (secondary N) is 1. The van der Waals surface area contributed by atoms with Crippen molar-refractivity contribution in [3.63, 3.8) is 0 Å². The number of hydrazone groups is 1. The quantitative estimate of drug-likeness (QED) is 0.384. The number of ether oxygens (including phenoxy) is 2. The van der Waals surface area contributed by atoms with Crippen LogP contribution in [0.1, 0.15) is 22.4 Å². The van der Waals surface area contributed by atoms with Crippen LogP contribution in [-0.4, -0.2) is 30.4 Å². The van der Waals surface area contributed by atoms with E-state index in [2.05, 4.69) is 26.6 Å². The van der Waals surface area contributed by atoms with Crippen molar-refractivity contribution in [2.75, 3.05) is 19.6 Å². The monoisotopic (exact) mass is 395 g/mol. The lowest BCUT2D eigenvalue weighted by Crippen LogP contribution is -2.03. The molecule has 0 atom stereocenters. The van der Waals surface area contributed by atoms with Crippen LogP contribution in [-0.2, 0) is 11.3 Å². The van der Waals surface area contributed by atoms with Gasteiger partial charge in [-0.2, -0.15) is 10.4 Å². The van der Waals surface area contributed by atoms with Gasteiger partial charge >= 0.3 is 0 Å². The molecular formula is C20H18ClN5O2. The van der Waals surface area contributed by atoms with Crippen molar-refractivity contribution in [1.29, 1.82) is 5.26 Å². The number of benzene rings is 1. The number of rotatable bonds is 6. The molecule has 142 valence electrons. The first-order valence-electron chi connectivity index (χ1n) is 8.38. The summed E-state index contributed by atoms with van der Waals surface area (Å²) in [5, 5.41) is 14.9. The van der Waals surface area contributed by atoms with Gasteiger partial charge in [-0.1, -0.05) is 11.6 Å². The van der Waals surface area contributed by atoms with Crippen LogP contribution in [0.4, 0.5) is 5.82 Å². The van der Waals surface area contributed by atoms with E-state index in [1.54, 1.807) is 20.4 Å². The third-order valence-corrected chi connectivity index (χ3v) is 4.32. The predicted molar refractivity (Wildman–Crippen MR) is 109 cm³/mol. The fourth-order valence-corrected chi connectivity index (χ4v) is 2.93. The molecule has 0 radical (unpaired) electrons. The average Bonchev–Trinajstić information content (AvgIpc) is 2.68. The molecule has 0 fully saturated rings. The van der Waals surface area contributed by atoms with E-state index in [0.29, 0.717) is 34.5 Å². The minimum Gasteiger partial charge on any atom is -0.497 e. The molecule has 1 aromatic carbocycles. The lowest BCUT2D eigenvalue weighted by atomic mass is 10.1. The maximum atomic E-state index is 9.46. The maximum absolute atomic E-state index is 9.46. The first kappa shape index (κ1) is 19.5. The van der Waals surface area contributed by atoms with Gasteiger partial charge in [-0.05, 0) is 31.2 Å². The highest BCUT2D eigenvalue weighted by Gasteiger charge is 2.11. The standard InChI is InChI=1S/C20H18ClN5O2/c1-12-6-15(11-27-2)17(9-22)20(24-12)26-23-10-14-7-13-4-5-16(28-3)8-18(13)25-19(14)21/h4-8,10H,11H2,1-3H3,(H,24,26)/b23-10-. The predicted octanol–water partition coefficient (Wildman–Crippen LogP) is 4.06. The Labute approximate surface area is 167 Å². The zero-order valence-electron chi connectivity index (χ0n) is 15.7. The Bertz CT molecular complexity index is 1090. The molecule has 2 aromatic heterocycles. The van der Waals surface area contributed by atoms with E-state index in [1.165, 1.54) is 0 Å². The zero-order valence-corrected chi connectivity index (χ0v) is 16.4. The topological polar surface area (TPSA) is 92.4 Å². The van der Waals surface area contributed by atoms with Crippen molar-refractivity contribution < 1.29 is 9.47 Å². The largest absolute Gasteiger partial charge is 0.497 e. The normalized spacial score (nSPS) is 11.0. The lowest BCUT2D eigenvalue weighted by Gasteiger charge is -2.09. The van der Waals surface area contributed by atoms with Gasteiger partial charge in [0.15, 0.2) is 5.82 Å². The SMILES string of the molecule is COCc1cc(C)nc(N/N=C\c2cc3ccc(OC)cc3nc2Cl)c1C#N. The number of hydrogen-bond acceptors (Lipinski definition) is 7. The van der Waals surface area contributed by atoms with Crippen molar-refractivity contribution in [2.45, 2.75) is 13.5 Å². The fourth-order valence-electron chi connectivity index (χ4n) is 2.74. The van der Waals surface area contributed by atoms with Crippen LogP contribution in [0.25, 0.3) is 10.9 Å². The molecule has 0 aliphatic carbocycles. The second-order valence-electron chi connectivity index (χ2n) is 5.99. The molecular weight excluding hydrogens is 378 g/mol. The van der Waals surface area contributed by atoms with E-state index < -0.39 is 0 Å². The molecule has 0 saturated carbocycles. The van der Waals surface area contributed by atoms with E-state index in [4.69, 9.17) is 21.1 Å².